The van der Waals surface area contributed by atoms with E-state index in [2.05, 4.69) is 45.7 Å². The third-order valence-electron chi connectivity index (χ3n) is 7.89. The highest BCUT2D eigenvalue weighted by Crippen LogP contribution is 2.17. The van der Waals surface area contributed by atoms with Gasteiger partial charge in [0.1, 0.15) is 25.8 Å². The van der Waals surface area contributed by atoms with Crippen molar-refractivity contribution in [3.63, 3.8) is 0 Å². The molecule has 1 saturated heterocycles. The molecule has 0 aliphatic carbocycles. The lowest BCUT2D eigenvalue weighted by atomic mass is 10.1. The number of carbonyl (C=O) groups excluding carboxylic acids is 8. The highest BCUT2D eigenvalue weighted by Gasteiger charge is 2.34. The second kappa shape index (κ2) is 26.9. The Balaban J connectivity index is 2.31. The van der Waals surface area contributed by atoms with Gasteiger partial charge in [-0.1, -0.05) is 52.4 Å². The molecule has 0 aromatic carbocycles. The second-order valence-electron chi connectivity index (χ2n) is 12.2. The first-order valence-corrected chi connectivity index (χ1v) is 17.9. The van der Waals surface area contributed by atoms with Gasteiger partial charge in [0.2, 0.25) is 47.3 Å². The first-order valence-electron chi connectivity index (χ1n) is 17.9. The lowest BCUT2D eigenvalue weighted by molar-refractivity contribution is -0.139. The van der Waals surface area contributed by atoms with Crippen LogP contribution in [0.4, 0.5) is 0 Å². The van der Waals surface area contributed by atoms with Crippen molar-refractivity contribution in [2.24, 2.45) is 0 Å². The fourth-order valence-corrected chi connectivity index (χ4v) is 5.05. The number of nitrogens with one attached hydrogen (secondary N) is 6. The Morgan fingerprint density at radius 1 is 0.615 bits per heavy atom. The van der Waals surface area contributed by atoms with E-state index < -0.39 is 99.2 Å². The molecule has 0 radical (unpaired) electrons. The van der Waals surface area contributed by atoms with Crippen LogP contribution in [0, 0.1) is 0 Å². The van der Waals surface area contributed by atoms with Crippen LogP contribution in [0.15, 0.2) is 0 Å². The normalized spacial score (nSPS) is 13.4. The Bertz CT molecular complexity index is 1200. The van der Waals surface area contributed by atoms with Crippen LogP contribution in [-0.4, -0.2) is 146 Å². The van der Waals surface area contributed by atoms with Crippen LogP contribution < -0.4 is 31.9 Å². The predicted octanol–water partition coefficient (Wildman–Crippen LogP) is -2.24. The minimum Gasteiger partial charge on any atom is -0.480 e. The van der Waals surface area contributed by atoms with Gasteiger partial charge in [-0.05, 0) is 25.7 Å². The molecule has 1 fully saturated rings. The largest absolute Gasteiger partial charge is 0.480 e. The monoisotopic (exact) mass is 740 g/mol. The molecule has 0 spiro atoms. The van der Waals surface area contributed by atoms with Gasteiger partial charge in [-0.2, -0.15) is 0 Å². The number of rotatable bonds is 27. The Hall–Kier alpha value is -4.81. The van der Waals surface area contributed by atoms with Gasteiger partial charge in [-0.25, -0.2) is 0 Å². The van der Waals surface area contributed by atoms with Crippen molar-refractivity contribution < 1.29 is 53.0 Å². The molecule has 0 unspecified atom stereocenters. The molecule has 0 bridgehead atoms. The maximum atomic E-state index is 12.7. The summed E-state index contributed by atoms with van der Waals surface area (Å²) >= 11 is 0. The van der Waals surface area contributed by atoms with Crippen molar-refractivity contribution in [2.75, 3.05) is 72.1 Å². The molecule has 294 valence electrons. The number of unbranched alkanes of at least 4 members (excludes halogenated alkanes) is 6. The molecule has 1 aliphatic heterocycles. The van der Waals surface area contributed by atoms with Gasteiger partial charge in [-0.3, -0.25) is 43.2 Å². The molecule has 52 heavy (non-hydrogen) atoms. The molecule has 1 aliphatic rings. The lowest BCUT2D eigenvalue weighted by Gasteiger charge is -2.24. The van der Waals surface area contributed by atoms with Crippen molar-refractivity contribution >= 4 is 53.2 Å². The Morgan fingerprint density at radius 3 is 1.62 bits per heavy atom. The third-order valence-corrected chi connectivity index (χ3v) is 7.89. The van der Waals surface area contributed by atoms with Gasteiger partial charge in [0.05, 0.1) is 32.7 Å². The first-order chi connectivity index (χ1) is 24.9. The van der Waals surface area contributed by atoms with Crippen LogP contribution in [0.5, 0.6) is 0 Å². The number of carboxylic acids is 1. The number of aliphatic carboxylic acids is 1. The number of carboxylic acid groups (broad SMARTS) is 1. The van der Waals surface area contributed by atoms with E-state index in [1.165, 1.54) is 4.90 Å². The molecule has 19 heteroatoms. The number of amides is 8. The molecule has 1 rings (SSSR count). The zero-order valence-corrected chi connectivity index (χ0v) is 30.4. The summed E-state index contributed by atoms with van der Waals surface area (Å²) in [6.45, 7) is 2.16. The average molecular weight is 741 g/mol. The topological polar surface area (TPSA) is 262 Å². The van der Waals surface area contributed by atoms with Crippen LogP contribution in [0.2, 0.25) is 0 Å². The molecule has 7 N–H and O–H groups in total. The van der Waals surface area contributed by atoms with Crippen molar-refractivity contribution in [1.82, 2.24) is 41.7 Å². The van der Waals surface area contributed by atoms with Gasteiger partial charge in [-0.15, -0.1) is 0 Å². The molecule has 1 heterocycles. The zero-order valence-electron chi connectivity index (χ0n) is 30.4. The summed E-state index contributed by atoms with van der Waals surface area (Å²) < 4.78 is 5.29. The number of hydrogen-bond donors (Lipinski definition) is 7. The SMILES string of the molecule is CCCCCCN(CCCCCC)C(=O)COCC(=O)NCC(=O)NCC(=O)NCC(=O)N1CCC[C@H]1C(=O)NCC(=O)NCC(=O)NCC(=O)O. The van der Waals surface area contributed by atoms with Crippen LogP contribution in [0.25, 0.3) is 0 Å². The third kappa shape index (κ3) is 20.8. The minimum atomic E-state index is -1.25. The number of hydrogen-bond acceptors (Lipinski definition) is 10. The van der Waals surface area contributed by atoms with Crippen LogP contribution >= 0.6 is 0 Å². The van der Waals surface area contributed by atoms with Crippen molar-refractivity contribution in [3.8, 4) is 0 Å². The maximum Gasteiger partial charge on any atom is 0.322 e. The minimum absolute atomic E-state index is 0.187. The van der Waals surface area contributed by atoms with E-state index >= 15 is 0 Å². The summed E-state index contributed by atoms with van der Waals surface area (Å²) in [6, 6.07) is -0.883. The van der Waals surface area contributed by atoms with Crippen molar-refractivity contribution in [1.29, 1.82) is 0 Å². The lowest BCUT2D eigenvalue weighted by Crippen LogP contribution is -2.51. The number of carbonyl (C=O) groups is 9. The van der Waals surface area contributed by atoms with Gasteiger partial charge < -0.3 is 51.5 Å². The molecule has 1 atom stereocenters. The number of nitrogens with zero attached hydrogens (tertiary/aromatic N) is 2. The number of ether oxygens (including phenoxy) is 1. The fraction of sp³-hybridized carbons (Fsp3) is 0.727. The summed E-state index contributed by atoms with van der Waals surface area (Å²) in [4.78, 5) is 111. The van der Waals surface area contributed by atoms with E-state index in [4.69, 9.17) is 9.84 Å². The molecule has 8 amide bonds. The smallest absolute Gasteiger partial charge is 0.322 e. The molecule has 19 nitrogen and oxygen atoms in total. The molecule has 0 aromatic rings. The van der Waals surface area contributed by atoms with Gasteiger partial charge in [0.15, 0.2) is 0 Å². The van der Waals surface area contributed by atoms with Crippen LogP contribution in [-0.2, 0) is 47.9 Å². The first kappa shape index (κ1) is 45.2. The van der Waals surface area contributed by atoms with E-state index in [0.717, 1.165) is 51.4 Å². The zero-order chi connectivity index (χ0) is 38.7. The van der Waals surface area contributed by atoms with E-state index in [0.29, 0.717) is 25.9 Å². The van der Waals surface area contributed by atoms with E-state index in [1.54, 1.807) is 4.90 Å². The summed E-state index contributed by atoms with van der Waals surface area (Å²) in [5.74, 6) is -5.99. The van der Waals surface area contributed by atoms with Gasteiger partial charge in [0.25, 0.3) is 0 Å². The second-order valence-corrected chi connectivity index (χ2v) is 12.2. The van der Waals surface area contributed by atoms with Crippen LogP contribution in [0.3, 0.4) is 0 Å². The average Bonchev–Trinajstić information content (AvgIpc) is 3.62. The fourth-order valence-electron chi connectivity index (χ4n) is 5.05. The van der Waals surface area contributed by atoms with Crippen molar-refractivity contribution in [2.45, 2.75) is 84.1 Å². The Morgan fingerprint density at radius 2 is 1.10 bits per heavy atom. The van der Waals surface area contributed by atoms with E-state index in [1.807, 2.05) is 0 Å². The Labute approximate surface area is 304 Å². The van der Waals surface area contributed by atoms with E-state index in [9.17, 15) is 43.2 Å². The maximum absolute atomic E-state index is 12.7. The van der Waals surface area contributed by atoms with E-state index in [-0.39, 0.29) is 19.1 Å². The van der Waals surface area contributed by atoms with Gasteiger partial charge in [0, 0.05) is 19.6 Å². The standard InChI is InChI=1S/C33H56N8O11/c1-3-5-7-9-13-40(14-10-8-6-4-2)31(48)23-52-22-29(46)36-18-25(42)34-16-26(43)37-20-30(47)41-15-11-12-24(41)33(51)39-19-28(45)35-17-27(44)38-21-32(49)50/h24H,3-23H2,1-2H3,(H,34,42)(H,35,45)(H,36,46)(H,37,43)(H,38,44)(H,39,51)(H,49,50)/t24-/m0/s1. The highest BCUT2D eigenvalue weighted by atomic mass is 16.5. The summed E-state index contributed by atoms with van der Waals surface area (Å²) in [7, 11) is 0. The molecular weight excluding hydrogens is 684 g/mol. The van der Waals surface area contributed by atoms with Gasteiger partial charge >= 0.3 is 5.97 Å². The van der Waals surface area contributed by atoms with Crippen LogP contribution in [0.1, 0.15) is 78.1 Å². The molecule has 0 saturated carbocycles. The number of likely N-dealkylation sites (tertiary alicyclic amines) is 1. The summed E-state index contributed by atoms with van der Waals surface area (Å²) in [5.41, 5.74) is 0. The summed E-state index contributed by atoms with van der Waals surface area (Å²) in [6.07, 6.45) is 9.12. The summed E-state index contributed by atoms with van der Waals surface area (Å²) in [5, 5.41) is 22.2. The quantitative estimate of drug-likeness (QED) is 0.0443. The molecular formula is C33H56N8O11. The molecule has 0 aromatic heterocycles. The predicted molar refractivity (Wildman–Crippen MR) is 186 cm³/mol. The highest BCUT2D eigenvalue weighted by molar-refractivity contribution is 5.94. The van der Waals surface area contributed by atoms with Crippen molar-refractivity contribution in [3.05, 3.63) is 0 Å². The Kier molecular flexibility index (Phi) is 23.4.